The number of benzene rings is 2. The van der Waals surface area contributed by atoms with E-state index in [1.165, 1.54) is 24.3 Å². The van der Waals surface area contributed by atoms with Crippen molar-refractivity contribution in [3.63, 3.8) is 0 Å². The van der Waals surface area contributed by atoms with Gasteiger partial charge in [0.25, 0.3) is 0 Å². The first-order valence-corrected chi connectivity index (χ1v) is 9.42. The fourth-order valence-electron chi connectivity index (χ4n) is 2.73. The van der Waals surface area contributed by atoms with E-state index in [1.807, 2.05) is 48.0 Å². The highest BCUT2D eigenvalue weighted by atomic mass is 32.1. The number of carbonyl (C=O) groups excluding carboxylic acids is 1. The molecule has 1 amide bonds. The maximum absolute atomic E-state index is 13.4. The third-order valence-electron chi connectivity index (χ3n) is 4.21. The van der Waals surface area contributed by atoms with E-state index in [0.717, 1.165) is 17.4 Å². The lowest BCUT2D eigenvalue weighted by Crippen LogP contribution is -2.83. The highest BCUT2D eigenvalue weighted by Crippen LogP contribution is 2.28. The fourth-order valence-corrected chi connectivity index (χ4v) is 3.63. The largest absolute Gasteiger partial charge is 0.335 e. The van der Waals surface area contributed by atoms with E-state index in [2.05, 4.69) is 4.98 Å². The Balaban J connectivity index is 1.70. The number of rotatable bonds is 6. The zero-order chi connectivity index (χ0) is 19.4. The number of nitrogens with two attached hydrogens (primary N) is 1. The van der Waals surface area contributed by atoms with Crippen LogP contribution in [0, 0.1) is 11.6 Å². The molecular weight excluding hydrogens is 368 g/mol. The second-order valence-electron chi connectivity index (χ2n) is 6.21. The first kappa shape index (κ1) is 19.1. The summed E-state index contributed by atoms with van der Waals surface area (Å²) < 4.78 is 26.5. The Hall–Kier alpha value is -2.64. The number of hydrogen-bond donors (Lipinski definition) is 1. The van der Waals surface area contributed by atoms with Crippen molar-refractivity contribution in [2.75, 3.05) is 4.90 Å². The van der Waals surface area contributed by atoms with E-state index in [4.69, 9.17) is 0 Å². The van der Waals surface area contributed by atoms with Gasteiger partial charge in [-0.15, -0.1) is 11.3 Å². The molecule has 0 spiro atoms. The number of carbonyl (C=O) groups is 1. The molecule has 2 N–H and O–H groups in total. The van der Waals surface area contributed by atoms with Crippen LogP contribution < -0.4 is 10.2 Å². The van der Waals surface area contributed by atoms with E-state index in [1.54, 1.807) is 11.0 Å². The highest BCUT2D eigenvalue weighted by molar-refractivity contribution is 7.14. The van der Waals surface area contributed by atoms with Crippen LogP contribution in [0.2, 0.25) is 0 Å². The van der Waals surface area contributed by atoms with Gasteiger partial charge in [-0.3, -0.25) is 9.69 Å². The first-order chi connectivity index (χ1) is 13.0. The van der Waals surface area contributed by atoms with Gasteiger partial charge >= 0.3 is 0 Å². The number of nitrogens with zero attached hydrogens (tertiary/aromatic N) is 2. The van der Waals surface area contributed by atoms with Gasteiger partial charge < -0.3 is 5.32 Å². The predicted molar refractivity (Wildman–Crippen MR) is 102 cm³/mol. The molecule has 0 aliphatic carbocycles. The van der Waals surface area contributed by atoms with Crippen molar-refractivity contribution in [3.05, 3.63) is 76.8 Å². The molecule has 2 aromatic carbocycles. The molecule has 3 aromatic rings. The summed E-state index contributed by atoms with van der Waals surface area (Å²) >= 11 is 1.40. The first-order valence-electron chi connectivity index (χ1n) is 8.54. The maximum atomic E-state index is 13.4. The molecule has 0 saturated carbocycles. The molecule has 140 valence electrons. The predicted octanol–water partition coefficient (Wildman–Crippen LogP) is 3.93. The number of anilines is 2. The molecule has 7 heteroatoms. The summed E-state index contributed by atoms with van der Waals surface area (Å²) in [7, 11) is 0. The van der Waals surface area contributed by atoms with Crippen molar-refractivity contribution in [1.29, 1.82) is 0 Å². The molecule has 0 aliphatic rings. The monoisotopic (exact) mass is 388 g/mol. The van der Waals surface area contributed by atoms with Gasteiger partial charge in [0.2, 0.25) is 5.91 Å². The van der Waals surface area contributed by atoms with Crippen LogP contribution in [0.4, 0.5) is 19.6 Å². The van der Waals surface area contributed by atoms with Crippen LogP contribution in [-0.4, -0.2) is 10.9 Å². The summed E-state index contributed by atoms with van der Waals surface area (Å²) in [5.74, 6) is -1.80. The second-order valence-corrected chi connectivity index (χ2v) is 7.05. The summed E-state index contributed by atoms with van der Waals surface area (Å²) in [5.41, 5.74) is 2.30. The quantitative estimate of drug-likeness (QED) is 0.696. The van der Waals surface area contributed by atoms with Gasteiger partial charge in [0, 0.05) is 17.9 Å². The van der Waals surface area contributed by atoms with Crippen molar-refractivity contribution < 1.29 is 18.9 Å². The Morgan fingerprint density at radius 1 is 1.19 bits per heavy atom. The van der Waals surface area contributed by atoms with Gasteiger partial charge in [0.05, 0.1) is 5.69 Å². The van der Waals surface area contributed by atoms with Crippen LogP contribution in [0.25, 0.3) is 0 Å². The molecule has 1 aromatic heterocycles. The average Bonchev–Trinajstić information content (AvgIpc) is 3.11. The minimum absolute atomic E-state index is 0.0525. The molecule has 4 nitrogen and oxygen atoms in total. The van der Waals surface area contributed by atoms with E-state index >= 15 is 0 Å². The van der Waals surface area contributed by atoms with Crippen molar-refractivity contribution >= 4 is 28.1 Å². The molecule has 3 rings (SSSR count). The third kappa shape index (κ3) is 4.56. The minimum Gasteiger partial charge on any atom is -0.335 e. The van der Waals surface area contributed by atoms with Crippen LogP contribution in [0.1, 0.15) is 31.1 Å². The van der Waals surface area contributed by atoms with Crippen LogP contribution >= 0.6 is 11.3 Å². The molecule has 0 aliphatic heterocycles. The van der Waals surface area contributed by atoms with Gasteiger partial charge in [-0.1, -0.05) is 18.2 Å². The second kappa shape index (κ2) is 8.37. The summed E-state index contributed by atoms with van der Waals surface area (Å²) in [4.78, 5) is 18.2. The number of quaternary nitrogens is 1. The number of thiazole rings is 1. The lowest BCUT2D eigenvalue weighted by Gasteiger charge is -2.17. The van der Waals surface area contributed by atoms with Gasteiger partial charge in [0.1, 0.15) is 18.3 Å². The third-order valence-corrected chi connectivity index (χ3v) is 5.08. The van der Waals surface area contributed by atoms with Gasteiger partial charge in [-0.05, 0) is 37.3 Å². The van der Waals surface area contributed by atoms with Crippen molar-refractivity contribution in [2.45, 2.75) is 26.4 Å². The Kier molecular flexibility index (Phi) is 5.93. The molecule has 0 radical (unpaired) electrons. The molecule has 0 bridgehead atoms. The highest BCUT2D eigenvalue weighted by Gasteiger charge is 2.19. The number of aromatic nitrogens is 1. The molecule has 27 heavy (non-hydrogen) atoms. The zero-order valence-corrected chi connectivity index (χ0v) is 15.8. The molecule has 0 unspecified atom stereocenters. The Bertz CT molecular complexity index is 930. The standard InChI is InChI=1S/C20H19F2N3OS/c1-13(15-8-9-18(21)19(22)10-15)23-11-16-12-27-20(24-16)25(14(2)26)17-6-4-3-5-7-17/h3-10,12-13,23H,11H2,1-2H3/p+1/t13-/m0/s1. The van der Waals surface area contributed by atoms with Crippen LogP contribution in [0.5, 0.6) is 0 Å². The molecule has 0 fully saturated rings. The lowest BCUT2D eigenvalue weighted by molar-refractivity contribution is -0.708. The topological polar surface area (TPSA) is 49.8 Å². The van der Waals surface area contributed by atoms with E-state index in [9.17, 15) is 13.6 Å². The van der Waals surface area contributed by atoms with Crippen molar-refractivity contribution in [3.8, 4) is 0 Å². The summed E-state index contributed by atoms with van der Waals surface area (Å²) in [6.07, 6.45) is 0. The van der Waals surface area contributed by atoms with Crippen LogP contribution in [0.3, 0.4) is 0 Å². The Morgan fingerprint density at radius 3 is 2.59 bits per heavy atom. The number of amides is 1. The van der Waals surface area contributed by atoms with Gasteiger partial charge in [0.15, 0.2) is 16.8 Å². The van der Waals surface area contributed by atoms with E-state index < -0.39 is 11.6 Å². The molecule has 0 saturated heterocycles. The fraction of sp³-hybridized carbons (Fsp3) is 0.200. The summed E-state index contributed by atoms with van der Waals surface area (Å²) in [6, 6.07) is 13.2. The Labute approximate surface area is 160 Å². The zero-order valence-electron chi connectivity index (χ0n) is 15.0. The van der Waals surface area contributed by atoms with Crippen molar-refractivity contribution in [2.24, 2.45) is 0 Å². The average molecular weight is 388 g/mol. The SMILES string of the molecule is CC(=O)N(c1ccccc1)c1nc(C[NH2+][C@@H](C)c2ccc(F)c(F)c2)cs1. The summed E-state index contributed by atoms with van der Waals surface area (Å²) in [5, 5.41) is 4.51. The number of hydrogen-bond acceptors (Lipinski definition) is 3. The number of para-hydroxylation sites is 1. The maximum Gasteiger partial charge on any atom is 0.230 e. The van der Waals surface area contributed by atoms with Gasteiger partial charge in [-0.25, -0.2) is 13.8 Å². The smallest absolute Gasteiger partial charge is 0.230 e. The Morgan fingerprint density at radius 2 is 1.93 bits per heavy atom. The number of halogens is 2. The summed E-state index contributed by atoms with van der Waals surface area (Å²) in [6.45, 7) is 3.99. The normalized spacial score (nSPS) is 12.0. The lowest BCUT2D eigenvalue weighted by atomic mass is 10.1. The van der Waals surface area contributed by atoms with Gasteiger partial charge in [-0.2, -0.15) is 0 Å². The van der Waals surface area contributed by atoms with Crippen LogP contribution in [0.15, 0.2) is 53.9 Å². The van der Waals surface area contributed by atoms with Crippen LogP contribution in [-0.2, 0) is 11.3 Å². The minimum atomic E-state index is -0.847. The molecule has 1 atom stereocenters. The molecular formula is C20H20F2N3OS+. The van der Waals surface area contributed by atoms with E-state index in [-0.39, 0.29) is 11.9 Å². The van der Waals surface area contributed by atoms with E-state index in [0.29, 0.717) is 17.2 Å². The van der Waals surface area contributed by atoms with Crippen molar-refractivity contribution in [1.82, 2.24) is 4.98 Å². The molecule has 1 heterocycles.